The van der Waals surface area contributed by atoms with Crippen LogP contribution in [0.2, 0.25) is 0 Å². The first-order chi connectivity index (χ1) is 37.5. The van der Waals surface area contributed by atoms with Crippen LogP contribution in [-0.4, -0.2) is 197 Å². The second-order valence-electron chi connectivity index (χ2n) is 22.2. The first kappa shape index (κ1) is 71.9. The third kappa shape index (κ3) is 27.7. The smallest absolute Gasteiger partial charge is 0.364 e. The zero-order chi connectivity index (χ0) is 57.7. The second kappa shape index (κ2) is 42.6. The van der Waals surface area contributed by atoms with Crippen LogP contribution in [0.4, 0.5) is 0 Å². The minimum atomic E-state index is -2.89. The van der Waals surface area contributed by atoms with Gasteiger partial charge < -0.3 is 90.9 Å². The quantitative estimate of drug-likeness (QED) is 0.0382. The number of carbonyl (C=O) groups is 3. The van der Waals surface area contributed by atoms with Crippen molar-refractivity contribution in [2.75, 3.05) is 26.4 Å². The monoisotopic (exact) mass is 1120 g/mol. The Hall–Kier alpha value is -2.19. The number of carbonyl (C=O) groups excluding carboxylic acids is 2. The summed E-state index contributed by atoms with van der Waals surface area (Å²) in [5.74, 6) is -6.67. The Morgan fingerprint density at radius 1 is 0.603 bits per heavy atom. The molecule has 2 amide bonds. The summed E-state index contributed by atoms with van der Waals surface area (Å²) in [6.45, 7) is 0.681. The molecule has 2 aliphatic heterocycles. The van der Waals surface area contributed by atoms with Gasteiger partial charge in [0.15, 0.2) is 6.29 Å². The maximum Gasteiger partial charge on any atom is 0.364 e. The Morgan fingerprint density at radius 2 is 1.05 bits per heavy atom. The Bertz CT molecular complexity index is 1540. The minimum absolute atomic E-state index is 0.143. The molecule has 14 N–H and O–H groups in total. The normalized spacial score (nSPS) is 26.0. The van der Waals surface area contributed by atoms with Gasteiger partial charge in [0.1, 0.15) is 61.5 Å². The number of hydrogen-bond acceptors (Lipinski definition) is 18. The number of carboxylic acid groups (broad SMARTS) is 1. The van der Waals surface area contributed by atoms with Crippen LogP contribution >= 0.6 is 0 Å². The second-order valence-corrected chi connectivity index (χ2v) is 22.2. The molecule has 15 atom stereocenters. The van der Waals surface area contributed by atoms with Crippen LogP contribution < -0.4 is 10.6 Å². The van der Waals surface area contributed by atoms with Gasteiger partial charge in [-0.05, 0) is 12.8 Å². The summed E-state index contributed by atoms with van der Waals surface area (Å²) in [4.78, 5) is 38.3. The first-order valence-electron chi connectivity index (χ1n) is 30.2. The number of aliphatic hydroxyl groups is 11. The van der Waals surface area contributed by atoms with Gasteiger partial charge in [-0.15, -0.1) is 0 Å². The molecule has 0 aromatic rings. The lowest BCUT2D eigenvalue weighted by molar-refractivity contribution is -0.339. The highest BCUT2D eigenvalue weighted by molar-refractivity contribution is 5.80. The van der Waals surface area contributed by atoms with Crippen LogP contribution in [0.25, 0.3) is 0 Å². The molecule has 0 aliphatic carbocycles. The molecule has 0 saturated carbocycles. The van der Waals surface area contributed by atoms with Crippen molar-refractivity contribution in [1.29, 1.82) is 0 Å². The number of hydrogen-bond donors (Lipinski definition) is 14. The Morgan fingerprint density at radius 3 is 1.49 bits per heavy atom. The van der Waals surface area contributed by atoms with E-state index in [2.05, 4.69) is 24.5 Å². The van der Waals surface area contributed by atoms with Crippen molar-refractivity contribution in [3.05, 3.63) is 0 Å². The summed E-state index contributed by atoms with van der Waals surface area (Å²) in [7, 11) is 0. The number of unbranched alkanes of at least 4 members (excludes halogenated alkanes) is 28. The average Bonchev–Trinajstić information content (AvgIpc) is 3.54. The molecule has 21 heteroatoms. The van der Waals surface area contributed by atoms with E-state index in [1.165, 1.54) is 122 Å². The van der Waals surface area contributed by atoms with Crippen molar-refractivity contribution in [2.24, 2.45) is 0 Å². The van der Waals surface area contributed by atoms with Crippen molar-refractivity contribution in [3.8, 4) is 0 Å². The predicted octanol–water partition coefficient (Wildman–Crippen LogP) is 4.04. The first-order valence-corrected chi connectivity index (χ1v) is 30.2. The highest BCUT2D eigenvalue weighted by atomic mass is 16.7. The van der Waals surface area contributed by atoms with Crippen LogP contribution in [0.3, 0.4) is 0 Å². The molecular weight excluding hydrogens is 1020 g/mol. The number of amides is 2. The molecule has 2 rings (SSSR count). The van der Waals surface area contributed by atoms with Gasteiger partial charge in [-0.2, -0.15) is 0 Å². The van der Waals surface area contributed by atoms with E-state index in [9.17, 15) is 75.7 Å². The molecule has 0 bridgehead atoms. The third-order valence-electron chi connectivity index (χ3n) is 15.5. The molecule has 2 saturated heterocycles. The molecule has 0 aromatic carbocycles. The van der Waals surface area contributed by atoms with Crippen LogP contribution in [0, 0.1) is 0 Å². The average molecular weight is 1130 g/mol. The van der Waals surface area contributed by atoms with E-state index in [0.29, 0.717) is 12.8 Å². The van der Waals surface area contributed by atoms with Crippen molar-refractivity contribution < 1.29 is 94.6 Å². The van der Waals surface area contributed by atoms with Gasteiger partial charge in [0.25, 0.3) is 5.79 Å². The highest BCUT2D eigenvalue weighted by Gasteiger charge is 2.57. The summed E-state index contributed by atoms with van der Waals surface area (Å²) in [6.07, 6.45) is 12.3. The summed E-state index contributed by atoms with van der Waals surface area (Å²) in [5.41, 5.74) is 0. The molecule has 0 radical (unpaired) electrons. The Kier molecular flexibility index (Phi) is 39.3. The van der Waals surface area contributed by atoms with Gasteiger partial charge in [-0.3, -0.25) is 9.59 Å². The maximum atomic E-state index is 13.4. The number of carboxylic acids is 1. The fourth-order valence-corrected chi connectivity index (χ4v) is 10.4. The summed E-state index contributed by atoms with van der Waals surface area (Å²) < 4.78 is 22.7. The van der Waals surface area contributed by atoms with E-state index in [4.69, 9.17) is 18.9 Å². The Balaban J connectivity index is 2.00. The van der Waals surface area contributed by atoms with Crippen LogP contribution in [0.1, 0.15) is 226 Å². The van der Waals surface area contributed by atoms with Gasteiger partial charge in [0.05, 0.1) is 44.1 Å². The Labute approximate surface area is 465 Å². The number of nitrogens with one attached hydrogen (secondary N) is 2. The summed E-state index contributed by atoms with van der Waals surface area (Å²) >= 11 is 0. The number of aliphatic hydroxyl groups excluding tert-OH is 11. The lowest BCUT2D eigenvalue weighted by atomic mass is 9.88. The molecule has 0 aromatic heterocycles. The third-order valence-corrected chi connectivity index (χ3v) is 15.5. The fourth-order valence-electron chi connectivity index (χ4n) is 10.4. The molecule has 2 fully saturated rings. The maximum absolute atomic E-state index is 13.4. The number of aliphatic carboxylic acids is 1. The minimum Gasteiger partial charge on any atom is -0.477 e. The van der Waals surface area contributed by atoms with Gasteiger partial charge in [0.2, 0.25) is 11.8 Å². The largest absolute Gasteiger partial charge is 0.477 e. The van der Waals surface area contributed by atoms with Crippen LogP contribution in [0.5, 0.6) is 0 Å². The topological polar surface area (TPSA) is 355 Å². The van der Waals surface area contributed by atoms with Crippen molar-refractivity contribution >= 4 is 17.8 Å². The lowest BCUT2D eigenvalue weighted by Crippen LogP contribution is -2.68. The number of rotatable bonds is 48. The molecule has 78 heavy (non-hydrogen) atoms. The summed E-state index contributed by atoms with van der Waals surface area (Å²) in [5, 5.41) is 132. The van der Waals surface area contributed by atoms with E-state index < -0.39 is 142 Å². The molecule has 2 heterocycles. The van der Waals surface area contributed by atoms with Gasteiger partial charge >= 0.3 is 5.97 Å². The van der Waals surface area contributed by atoms with E-state index >= 15 is 0 Å². The molecule has 460 valence electrons. The van der Waals surface area contributed by atoms with Crippen molar-refractivity contribution in [1.82, 2.24) is 10.6 Å². The summed E-state index contributed by atoms with van der Waals surface area (Å²) in [6, 6.07) is -3.02. The van der Waals surface area contributed by atoms with Crippen LogP contribution in [-0.2, 0) is 33.3 Å². The SMILES string of the molecule is CCCCCCCCCCCCCCCCCCCCCC[C@@H](O)C(=O)N[C@@H](CO[C@@H]1O[C@H](CO[C@]2(C(=O)O)C[C@H](O)[C@@H](NC(=O)CO)[C@H]([C@H](O)[C@H](O)CO)O2)[C@@H](O)[C@H](O)[C@H]1O)[C@H](O)[C@H](O)CCCCCCCCCCCC. The molecule has 21 nitrogen and oxygen atoms in total. The molecule has 2 aliphatic rings. The van der Waals surface area contributed by atoms with Crippen molar-refractivity contribution in [3.63, 3.8) is 0 Å². The standard InChI is InChI=1S/C57H108N2O19/c1-3-5-7-9-11-13-15-16-17-18-19-20-21-22-23-24-26-28-30-32-34-42(63)54(72)58-40(48(67)41(62)33-31-29-27-25-14-12-10-8-6-4-2)38-75-55-52(71)51(70)50(69)45(77-55)39-76-57(56(73)74)35-43(64)47(59-46(66)37-61)53(78-57)49(68)44(65)36-60/h40-45,47-53,55,60-65,67-71H,3-39H2,1-2H3,(H,58,72)(H,59,66)(H,73,74)/t40-,41+,42+,43-,44+,45+,47+,48-,49+,50+,51-,52+,53+,55+,57+/m0/s1. The number of ether oxygens (including phenoxy) is 4. The molecule has 0 spiro atoms. The predicted molar refractivity (Wildman–Crippen MR) is 292 cm³/mol. The fraction of sp³-hybridized carbons (Fsp3) is 0.947. The van der Waals surface area contributed by atoms with E-state index in [0.717, 1.165) is 57.8 Å². The molecular formula is C57H108N2O19. The van der Waals surface area contributed by atoms with Gasteiger partial charge in [-0.25, -0.2) is 4.79 Å². The van der Waals surface area contributed by atoms with Gasteiger partial charge in [-0.1, -0.05) is 206 Å². The van der Waals surface area contributed by atoms with E-state index in [-0.39, 0.29) is 12.8 Å². The zero-order valence-corrected chi connectivity index (χ0v) is 47.5. The zero-order valence-electron chi connectivity index (χ0n) is 47.5. The van der Waals surface area contributed by atoms with E-state index in [1.807, 2.05) is 0 Å². The van der Waals surface area contributed by atoms with Crippen molar-refractivity contribution in [2.45, 2.75) is 317 Å². The molecule has 0 unspecified atom stereocenters. The highest BCUT2D eigenvalue weighted by Crippen LogP contribution is 2.35. The van der Waals surface area contributed by atoms with Gasteiger partial charge in [0, 0.05) is 6.42 Å². The van der Waals surface area contributed by atoms with Crippen LogP contribution in [0.15, 0.2) is 0 Å². The lowest BCUT2D eigenvalue weighted by Gasteiger charge is -2.47. The van der Waals surface area contributed by atoms with E-state index in [1.54, 1.807) is 0 Å².